The van der Waals surface area contributed by atoms with Crippen LogP contribution in [0.2, 0.25) is 0 Å². The molecule has 1 aliphatic rings. The number of rotatable bonds is 3. The molecule has 5 nitrogen and oxygen atoms in total. The van der Waals surface area contributed by atoms with Gasteiger partial charge in [-0.05, 0) is 31.4 Å². The molecular formula is C13H15N3O2. The molecule has 1 saturated carbocycles. The quantitative estimate of drug-likeness (QED) is 0.869. The van der Waals surface area contributed by atoms with Crippen LogP contribution in [0.5, 0.6) is 0 Å². The minimum absolute atomic E-state index is 0.0103. The Morgan fingerprint density at radius 1 is 1.17 bits per heavy atom. The van der Waals surface area contributed by atoms with Crippen molar-refractivity contribution in [1.82, 2.24) is 10.2 Å². The second kappa shape index (κ2) is 4.78. The molecular weight excluding hydrogens is 230 g/mol. The van der Waals surface area contributed by atoms with Crippen LogP contribution in [0.3, 0.4) is 0 Å². The molecule has 2 aromatic rings. The van der Waals surface area contributed by atoms with Crippen molar-refractivity contribution < 1.29 is 9.52 Å². The standard InChI is InChI=1S/C13H15N3O2/c17-11-8-4-7-10(11)12-15-16-13(18-12)14-9-5-2-1-3-6-9/h1-3,5-6,10-11,17H,4,7-8H2,(H,14,16)/t10-,11-/m1/s1. The molecule has 1 aliphatic carbocycles. The molecule has 0 radical (unpaired) electrons. The van der Waals surface area contributed by atoms with E-state index in [2.05, 4.69) is 15.5 Å². The molecule has 0 saturated heterocycles. The summed E-state index contributed by atoms with van der Waals surface area (Å²) < 4.78 is 5.55. The van der Waals surface area contributed by atoms with Gasteiger partial charge in [0.05, 0.1) is 12.0 Å². The lowest BCUT2D eigenvalue weighted by Crippen LogP contribution is -2.11. The third kappa shape index (κ3) is 2.22. The van der Waals surface area contributed by atoms with E-state index in [0.29, 0.717) is 11.9 Å². The average Bonchev–Trinajstić information content (AvgIpc) is 2.99. The smallest absolute Gasteiger partial charge is 0.320 e. The van der Waals surface area contributed by atoms with Gasteiger partial charge in [0.25, 0.3) is 0 Å². The molecule has 1 aromatic carbocycles. The van der Waals surface area contributed by atoms with Gasteiger partial charge in [0, 0.05) is 5.69 Å². The van der Waals surface area contributed by atoms with Crippen molar-refractivity contribution in [2.45, 2.75) is 31.3 Å². The van der Waals surface area contributed by atoms with E-state index in [4.69, 9.17) is 4.42 Å². The van der Waals surface area contributed by atoms with E-state index in [9.17, 15) is 5.11 Å². The van der Waals surface area contributed by atoms with Crippen LogP contribution in [-0.2, 0) is 0 Å². The summed E-state index contributed by atoms with van der Waals surface area (Å²) in [6.45, 7) is 0. The molecule has 0 aliphatic heterocycles. The van der Waals surface area contributed by atoms with E-state index in [1.165, 1.54) is 0 Å². The molecule has 3 rings (SSSR count). The summed E-state index contributed by atoms with van der Waals surface area (Å²) in [4.78, 5) is 0. The molecule has 1 heterocycles. The summed E-state index contributed by atoms with van der Waals surface area (Å²) in [7, 11) is 0. The zero-order valence-electron chi connectivity index (χ0n) is 9.91. The van der Waals surface area contributed by atoms with Crippen molar-refractivity contribution in [3.63, 3.8) is 0 Å². The normalized spacial score (nSPS) is 23.2. The number of hydrogen-bond acceptors (Lipinski definition) is 5. The van der Waals surface area contributed by atoms with Gasteiger partial charge >= 0.3 is 6.01 Å². The van der Waals surface area contributed by atoms with Crippen LogP contribution in [0, 0.1) is 0 Å². The van der Waals surface area contributed by atoms with Gasteiger partial charge in [0.2, 0.25) is 5.89 Å². The number of hydrogen-bond donors (Lipinski definition) is 2. The van der Waals surface area contributed by atoms with Gasteiger partial charge in [-0.3, -0.25) is 0 Å². The number of nitrogens with zero attached hydrogens (tertiary/aromatic N) is 2. The first-order chi connectivity index (χ1) is 8.83. The van der Waals surface area contributed by atoms with Crippen molar-refractivity contribution in [2.24, 2.45) is 0 Å². The lowest BCUT2D eigenvalue weighted by molar-refractivity contribution is 0.152. The lowest BCUT2D eigenvalue weighted by Gasteiger charge is -2.08. The van der Waals surface area contributed by atoms with Gasteiger partial charge < -0.3 is 14.8 Å². The molecule has 2 atom stereocenters. The van der Waals surface area contributed by atoms with E-state index in [0.717, 1.165) is 24.9 Å². The average molecular weight is 245 g/mol. The van der Waals surface area contributed by atoms with Crippen LogP contribution >= 0.6 is 0 Å². The fourth-order valence-corrected chi connectivity index (χ4v) is 2.31. The van der Waals surface area contributed by atoms with E-state index in [-0.39, 0.29) is 12.0 Å². The first-order valence-electron chi connectivity index (χ1n) is 6.16. The third-order valence-corrected chi connectivity index (χ3v) is 3.26. The highest BCUT2D eigenvalue weighted by Crippen LogP contribution is 2.34. The number of aliphatic hydroxyl groups is 1. The molecule has 2 N–H and O–H groups in total. The van der Waals surface area contributed by atoms with Gasteiger partial charge in [-0.15, -0.1) is 5.10 Å². The molecule has 0 unspecified atom stereocenters. The minimum atomic E-state index is -0.352. The second-order valence-corrected chi connectivity index (χ2v) is 4.54. The second-order valence-electron chi connectivity index (χ2n) is 4.54. The number of nitrogens with one attached hydrogen (secondary N) is 1. The molecule has 1 aromatic heterocycles. The van der Waals surface area contributed by atoms with Crippen molar-refractivity contribution in [3.05, 3.63) is 36.2 Å². The number of anilines is 2. The van der Waals surface area contributed by atoms with Crippen molar-refractivity contribution >= 4 is 11.7 Å². The van der Waals surface area contributed by atoms with E-state index >= 15 is 0 Å². The zero-order chi connectivity index (χ0) is 12.4. The van der Waals surface area contributed by atoms with E-state index < -0.39 is 0 Å². The zero-order valence-corrected chi connectivity index (χ0v) is 9.91. The summed E-state index contributed by atoms with van der Waals surface area (Å²) in [6, 6.07) is 10.0. The van der Waals surface area contributed by atoms with Gasteiger partial charge in [-0.1, -0.05) is 23.3 Å². The molecule has 1 fully saturated rings. The van der Waals surface area contributed by atoms with Crippen LogP contribution in [-0.4, -0.2) is 21.4 Å². The Morgan fingerprint density at radius 2 is 2.00 bits per heavy atom. The number of benzene rings is 1. The third-order valence-electron chi connectivity index (χ3n) is 3.26. The Labute approximate surface area is 105 Å². The minimum Gasteiger partial charge on any atom is -0.407 e. The number of aromatic nitrogens is 2. The van der Waals surface area contributed by atoms with Gasteiger partial charge in [0.15, 0.2) is 0 Å². The highest BCUT2D eigenvalue weighted by molar-refractivity contribution is 5.50. The Hall–Kier alpha value is -1.88. The van der Waals surface area contributed by atoms with E-state index in [1.54, 1.807) is 0 Å². The van der Waals surface area contributed by atoms with Crippen molar-refractivity contribution in [3.8, 4) is 0 Å². The Bertz CT molecular complexity index is 512. The monoisotopic (exact) mass is 245 g/mol. The highest BCUT2D eigenvalue weighted by atomic mass is 16.4. The fourth-order valence-electron chi connectivity index (χ4n) is 2.31. The maximum absolute atomic E-state index is 9.79. The SMILES string of the molecule is O[C@@H]1CCC[C@H]1c1nnc(Nc2ccccc2)o1. The summed E-state index contributed by atoms with van der Waals surface area (Å²) in [5.41, 5.74) is 0.902. The van der Waals surface area contributed by atoms with Gasteiger partial charge in [-0.25, -0.2) is 0 Å². The van der Waals surface area contributed by atoms with Gasteiger partial charge in [0.1, 0.15) is 0 Å². The van der Waals surface area contributed by atoms with Crippen LogP contribution in [0.15, 0.2) is 34.7 Å². The predicted octanol–water partition coefficient (Wildman–Crippen LogP) is 2.44. The van der Waals surface area contributed by atoms with Crippen molar-refractivity contribution in [1.29, 1.82) is 0 Å². The summed E-state index contributed by atoms with van der Waals surface area (Å²) in [5.74, 6) is 0.516. The topological polar surface area (TPSA) is 71.2 Å². The number of para-hydroxylation sites is 1. The molecule has 5 heteroatoms. The maximum atomic E-state index is 9.79. The Kier molecular flexibility index (Phi) is 2.98. The summed E-state index contributed by atoms with van der Waals surface area (Å²) in [6.07, 6.45) is 2.38. The summed E-state index contributed by atoms with van der Waals surface area (Å²) in [5, 5.41) is 20.8. The van der Waals surface area contributed by atoms with Crippen molar-refractivity contribution in [2.75, 3.05) is 5.32 Å². The fraction of sp³-hybridized carbons (Fsp3) is 0.385. The van der Waals surface area contributed by atoms with Crippen LogP contribution in [0.1, 0.15) is 31.1 Å². The lowest BCUT2D eigenvalue weighted by atomic mass is 10.1. The Balaban J connectivity index is 1.74. The molecule has 94 valence electrons. The van der Waals surface area contributed by atoms with Crippen LogP contribution in [0.25, 0.3) is 0 Å². The summed E-state index contributed by atoms with van der Waals surface area (Å²) >= 11 is 0. The first-order valence-corrected chi connectivity index (χ1v) is 6.16. The highest BCUT2D eigenvalue weighted by Gasteiger charge is 2.31. The molecule has 18 heavy (non-hydrogen) atoms. The molecule has 0 bridgehead atoms. The van der Waals surface area contributed by atoms with E-state index in [1.807, 2.05) is 30.3 Å². The molecule has 0 spiro atoms. The van der Waals surface area contributed by atoms with Crippen LogP contribution < -0.4 is 5.32 Å². The largest absolute Gasteiger partial charge is 0.407 e. The van der Waals surface area contributed by atoms with Gasteiger partial charge in [-0.2, -0.15) is 0 Å². The number of aliphatic hydroxyl groups excluding tert-OH is 1. The maximum Gasteiger partial charge on any atom is 0.320 e. The predicted molar refractivity (Wildman–Crippen MR) is 66.6 cm³/mol. The first kappa shape index (κ1) is 11.2. The molecule has 0 amide bonds. The van der Waals surface area contributed by atoms with Crippen LogP contribution in [0.4, 0.5) is 11.7 Å². The Morgan fingerprint density at radius 3 is 2.72 bits per heavy atom.